The Hall–Kier alpha value is -2.71. The SMILES string of the molecule is O=C(O)N1CCNCC1(c1ccccc1)n1cc(Br)c(-c2ccncc2)n1. The summed E-state index contributed by atoms with van der Waals surface area (Å²) < 4.78 is 2.53. The van der Waals surface area contributed by atoms with Crippen LogP contribution in [0, 0.1) is 0 Å². The normalized spacial score (nSPS) is 19.8. The minimum Gasteiger partial charge on any atom is -0.465 e. The minimum atomic E-state index is -0.975. The van der Waals surface area contributed by atoms with Crippen molar-refractivity contribution in [3.63, 3.8) is 0 Å². The fourth-order valence-corrected chi connectivity index (χ4v) is 4.04. The highest BCUT2D eigenvalue weighted by atomic mass is 79.9. The topological polar surface area (TPSA) is 83.3 Å². The molecule has 0 bridgehead atoms. The lowest BCUT2D eigenvalue weighted by molar-refractivity contribution is 0.0270. The van der Waals surface area contributed by atoms with Gasteiger partial charge in [-0.15, -0.1) is 0 Å². The number of benzene rings is 1. The zero-order chi connectivity index (χ0) is 18.9. The summed E-state index contributed by atoms with van der Waals surface area (Å²) in [5, 5.41) is 18.0. The van der Waals surface area contributed by atoms with Crippen LogP contribution < -0.4 is 5.32 Å². The second kappa shape index (κ2) is 7.13. The first-order valence-corrected chi connectivity index (χ1v) is 9.35. The van der Waals surface area contributed by atoms with Gasteiger partial charge < -0.3 is 10.4 Å². The first-order chi connectivity index (χ1) is 13.1. The van der Waals surface area contributed by atoms with Crippen molar-refractivity contribution in [2.45, 2.75) is 5.66 Å². The van der Waals surface area contributed by atoms with Crippen LogP contribution in [0.3, 0.4) is 0 Å². The number of piperazine rings is 1. The quantitative estimate of drug-likeness (QED) is 0.670. The molecule has 0 spiro atoms. The van der Waals surface area contributed by atoms with Crippen LogP contribution in [-0.2, 0) is 5.66 Å². The summed E-state index contributed by atoms with van der Waals surface area (Å²) in [6.45, 7) is 1.39. The van der Waals surface area contributed by atoms with Crippen LogP contribution in [0.1, 0.15) is 5.56 Å². The molecule has 0 radical (unpaired) electrons. The number of nitrogens with one attached hydrogen (secondary N) is 1. The molecule has 0 aliphatic carbocycles. The molecule has 3 heterocycles. The number of carbonyl (C=O) groups is 1. The number of amides is 1. The monoisotopic (exact) mass is 427 g/mol. The lowest BCUT2D eigenvalue weighted by Gasteiger charge is -2.46. The largest absolute Gasteiger partial charge is 0.465 e. The van der Waals surface area contributed by atoms with Crippen LogP contribution in [0.15, 0.2) is 65.5 Å². The molecular formula is C19H18BrN5O2. The van der Waals surface area contributed by atoms with E-state index in [2.05, 4.69) is 26.2 Å². The van der Waals surface area contributed by atoms with E-state index >= 15 is 0 Å². The van der Waals surface area contributed by atoms with Crippen molar-refractivity contribution in [1.29, 1.82) is 0 Å². The summed E-state index contributed by atoms with van der Waals surface area (Å²) in [6, 6.07) is 13.4. The third-order valence-electron chi connectivity index (χ3n) is 4.80. The van der Waals surface area contributed by atoms with Crippen LogP contribution in [-0.4, -0.2) is 50.5 Å². The predicted octanol–water partition coefficient (Wildman–Crippen LogP) is 2.99. The summed E-state index contributed by atoms with van der Waals surface area (Å²) in [7, 11) is 0. The maximum Gasteiger partial charge on any atom is 0.409 e. The van der Waals surface area contributed by atoms with Crippen molar-refractivity contribution in [2.75, 3.05) is 19.6 Å². The van der Waals surface area contributed by atoms with Gasteiger partial charge in [0.1, 0.15) is 5.69 Å². The molecular weight excluding hydrogens is 410 g/mol. The van der Waals surface area contributed by atoms with Gasteiger partial charge in [-0.3, -0.25) is 9.88 Å². The number of halogens is 1. The van der Waals surface area contributed by atoms with Gasteiger partial charge in [0.15, 0.2) is 5.66 Å². The highest BCUT2D eigenvalue weighted by molar-refractivity contribution is 9.10. The van der Waals surface area contributed by atoms with Gasteiger partial charge in [0.2, 0.25) is 0 Å². The van der Waals surface area contributed by atoms with E-state index in [0.29, 0.717) is 19.6 Å². The molecule has 1 aliphatic heterocycles. The standard InChI is InChI=1S/C19H18BrN5O2/c20-16-12-25(23-17(16)14-6-8-21-9-7-14)19(15-4-2-1-3-5-15)13-22-10-11-24(19)18(26)27/h1-9,12,22H,10-11,13H2,(H,26,27). The van der Waals surface area contributed by atoms with E-state index in [9.17, 15) is 9.90 Å². The average Bonchev–Trinajstić information content (AvgIpc) is 3.11. The number of hydrogen-bond acceptors (Lipinski definition) is 4. The van der Waals surface area contributed by atoms with Gasteiger partial charge in [-0.05, 0) is 28.1 Å². The van der Waals surface area contributed by atoms with Crippen LogP contribution in [0.5, 0.6) is 0 Å². The molecule has 4 rings (SSSR count). The number of pyridine rings is 1. The zero-order valence-corrected chi connectivity index (χ0v) is 16.0. The Labute approximate surface area is 164 Å². The molecule has 1 fully saturated rings. The highest BCUT2D eigenvalue weighted by Gasteiger charge is 2.46. The van der Waals surface area contributed by atoms with Crippen LogP contribution in [0.4, 0.5) is 4.79 Å². The molecule has 1 atom stereocenters. The summed E-state index contributed by atoms with van der Waals surface area (Å²) in [5.41, 5.74) is 1.53. The Bertz CT molecular complexity index is 947. The van der Waals surface area contributed by atoms with Crippen molar-refractivity contribution in [1.82, 2.24) is 25.0 Å². The third kappa shape index (κ3) is 3.00. The Balaban J connectivity index is 1.91. The van der Waals surface area contributed by atoms with E-state index < -0.39 is 11.8 Å². The molecule has 7 nitrogen and oxygen atoms in total. The van der Waals surface area contributed by atoms with Gasteiger partial charge in [0.05, 0.1) is 4.47 Å². The van der Waals surface area contributed by atoms with Crippen molar-refractivity contribution in [2.24, 2.45) is 0 Å². The fraction of sp³-hybridized carbons (Fsp3) is 0.211. The molecule has 138 valence electrons. The number of aromatic nitrogens is 3. The van der Waals surface area contributed by atoms with E-state index in [1.54, 1.807) is 17.1 Å². The van der Waals surface area contributed by atoms with Crippen LogP contribution in [0.2, 0.25) is 0 Å². The number of carboxylic acid groups (broad SMARTS) is 1. The predicted molar refractivity (Wildman–Crippen MR) is 104 cm³/mol. The second-order valence-corrected chi connectivity index (χ2v) is 7.15. The molecule has 1 aliphatic rings. The van der Waals surface area contributed by atoms with Crippen LogP contribution >= 0.6 is 15.9 Å². The van der Waals surface area contributed by atoms with Crippen LogP contribution in [0.25, 0.3) is 11.3 Å². The first kappa shape index (κ1) is 17.7. The zero-order valence-electron chi connectivity index (χ0n) is 14.4. The molecule has 3 aromatic rings. The number of hydrogen-bond donors (Lipinski definition) is 2. The van der Waals surface area contributed by atoms with Gasteiger partial charge in [0, 0.05) is 49.4 Å². The van der Waals surface area contributed by atoms with Gasteiger partial charge in [-0.2, -0.15) is 5.10 Å². The number of rotatable bonds is 3. The fourth-order valence-electron chi connectivity index (χ4n) is 3.54. The van der Waals surface area contributed by atoms with Gasteiger partial charge in [-0.25, -0.2) is 9.48 Å². The third-order valence-corrected chi connectivity index (χ3v) is 5.38. The Morgan fingerprint density at radius 1 is 1.19 bits per heavy atom. The summed E-state index contributed by atoms with van der Waals surface area (Å²) in [5.74, 6) is 0. The maximum atomic E-state index is 12.1. The van der Waals surface area contributed by atoms with E-state index in [-0.39, 0.29) is 0 Å². The second-order valence-electron chi connectivity index (χ2n) is 6.30. The molecule has 1 aromatic carbocycles. The van der Waals surface area contributed by atoms with E-state index in [4.69, 9.17) is 5.10 Å². The van der Waals surface area contributed by atoms with Gasteiger partial charge in [-0.1, -0.05) is 30.3 Å². The average molecular weight is 428 g/mol. The lowest BCUT2D eigenvalue weighted by atomic mass is 9.95. The van der Waals surface area contributed by atoms with Crippen molar-refractivity contribution < 1.29 is 9.90 Å². The summed E-state index contributed by atoms with van der Waals surface area (Å²) in [6.07, 6.45) is 4.28. The Morgan fingerprint density at radius 2 is 1.93 bits per heavy atom. The maximum absolute atomic E-state index is 12.1. The summed E-state index contributed by atoms with van der Waals surface area (Å²) >= 11 is 3.58. The lowest BCUT2D eigenvalue weighted by Crippen LogP contribution is -2.64. The first-order valence-electron chi connectivity index (χ1n) is 8.56. The highest BCUT2D eigenvalue weighted by Crippen LogP contribution is 2.35. The minimum absolute atomic E-state index is 0.367. The Kier molecular flexibility index (Phi) is 4.67. The molecule has 2 N–H and O–H groups in total. The molecule has 2 aromatic heterocycles. The molecule has 1 unspecified atom stereocenters. The summed E-state index contributed by atoms with van der Waals surface area (Å²) in [4.78, 5) is 17.6. The van der Waals surface area contributed by atoms with Crippen molar-refractivity contribution >= 4 is 22.0 Å². The Morgan fingerprint density at radius 3 is 2.63 bits per heavy atom. The molecule has 8 heteroatoms. The van der Waals surface area contributed by atoms with Gasteiger partial charge >= 0.3 is 6.09 Å². The number of nitrogens with zero attached hydrogens (tertiary/aromatic N) is 4. The molecule has 0 saturated carbocycles. The molecule has 1 amide bonds. The molecule has 27 heavy (non-hydrogen) atoms. The molecule has 1 saturated heterocycles. The van der Waals surface area contributed by atoms with Crippen molar-refractivity contribution in [3.05, 3.63) is 71.1 Å². The van der Waals surface area contributed by atoms with Crippen molar-refractivity contribution in [3.8, 4) is 11.3 Å². The van der Waals surface area contributed by atoms with E-state index in [1.165, 1.54) is 4.90 Å². The van der Waals surface area contributed by atoms with Gasteiger partial charge in [0.25, 0.3) is 0 Å². The van der Waals surface area contributed by atoms with E-state index in [0.717, 1.165) is 21.3 Å². The van der Waals surface area contributed by atoms with E-state index in [1.807, 2.05) is 48.7 Å². The smallest absolute Gasteiger partial charge is 0.409 e.